The molecule has 0 atom stereocenters. The van der Waals surface area contributed by atoms with Crippen LogP contribution in [0.1, 0.15) is 18.4 Å². The predicted molar refractivity (Wildman–Crippen MR) is 80.0 cm³/mol. The molecule has 1 amide bonds. The molecule has 6 heteroatoms. The zero-order chi connectivity index (χ0) is 15.1. The molecule has 0 saturated carbocycles. The van der Waals surface area contributed by atoms with Crippen LogP contribution in [-0.4, -0.2) is 30.5 Å². The van der Waals surface area contributed by atoms with Crippen LogP contribution < -0.4 is 10.6 Å². The molecule has 0 unspecified atom stereocenters. The summed E-state index contributed by atoms with van der Waals surface area (Å²) in [4.78, 5) is 22.1. The molecule has 0 aliphatic carbocycles. The van der Waals surface area contributed by atoms with E-state index in [2.05, 4.69) is 16.7 Å². The quantitative estimate of drug-likeness (QED) is 0.473. The Balaban J connectivity index is 1.77. The highest BCUT2D eigenvalue weighted by Gasteiger charge is 2.08. The van der Waals surface area contributed by atoms with E-state index >= 15 is 0 Å². The predicted octanol–water partition coefficient (Wildman–Crippen LogP) is 1.56. The standard InChI is InChI=1S/C15H19N3O3/c19-15(17-11-13-6-8-16-9-7-13)5-4-12-2-1-3-14(10-12)18(20)21/h1-3,6,10,16H,4-5,7-9,11H2,(H,17,19). The van der Waals surface area contributed by atoms with Crippen molar-refractivity contribution in [3.63, 3.8) is 0 Å². The van der Waals surface area contributed by atoms with Gasteiger partial charge in [0.15, 0.2) is 0 Å². The maximum absolute atomic E-state index is 11.8. The van der Waals surface area contributed by atoms with E-state index in [1.54, 1.807) is 12.1 Å². The van der Waals surface area contributed by atoms with Gasteiger partial charge >= 0.3 is 0 Å². The fourth-order valence-corrected chi connectivity index (χ4v) is 2.21. The number of amides is 1. The van der Waals surface area contributed by atoms with Crippen LogP contribution in [-0.2, 0) is 11.2 Å². The van der Waals surface area contributed by atoms with Crippen molar-refractivity contribution in [2.24, 2.45) is 0 Å². The Morgan fingerprint density at radius 3 is 3.00 bits per heavy atom. The molecule has 2 rings (SSSR count). The molecule has 112 valence electrons. The maximum Gasteiger partial charge on any atom is 0.269 e. The Kier molecular flexibility index (Phi) is 5.45. The lowest BCUT2D eigenvalue weighted by molar-refractivity contribution is -0.384. The summed E-state index contributed by atoms with van der Waals surface area (Å²) < 4.78 is 0. The molecular weight excluding hydrogens is 270 g/mol. The molecule has 1 aromatic rings. The minimum absolute atomic E-state index is 0.0269. The van der Waals surface area contributed by atoms with Gasteiger partial charge in [0.2, 0.25) is 5.91 Å². The number of nitrogens with one attached hydrogen (secondary N) is 2. The molecule has 1 aliphatic rings. The van der Waals surface area contributed by atoms with Crippen LogP contribution in [0, 0.1) is 10.1 Å². The molecular formula is C15H19N3O3. The lowest BCUT2D eigenvalue weighted by Crippen LogP contribution is -2.29. The summed E-state index contributed by atoms with van der Waals surface area (Å²) in [5.41, 5.74) is 2.12. The van der Waals surface area contributed by atoms with Gasteiger partial charge in [0.05, 0.1) is 4.92 Å². The van der Waals surface area contributed by atoms with E-state index in [1.165, 1.54) is 17.7 Å². The molecule has 0 aromatic heterocycles. The van der Waals surface area contributed by atoms with Gasteiger partial charge in [0, 0.05) is 31.6 Å². The molecule has 1 heterocycles. The zero-order valence-corrected chi connectivity index (χ0v) is 11.8. The molecule has 0 bridgehead atoms. The van der Waals surface area contributed by atoms with Gasteiger partial charge in [0.1, 0.15) is 0 Å². The van der Waals surface area contributed by atoms with Gasteiger partial charge in [0.25, 0.3) is 5.69 Å². The molecule has 6 nitrogen and oxygen atoms in total. The molecule has 0 saturated heterocycles. The Labute approximate surface area is 123 Å². The van der Waals surface area contributed by atoms with Crippen molar-refractivity contribution in [3.05, 3.63) is 51.6 Å². The average molecular weight is 289 g/mol. The molecule has 1 aliphatic heterocycles. The number of non-ortho nitro benzene ring substituents is 1. The summed E-state index contributed by atoms with van der Waals surface area (Å²) in [6.07, 6.45) is 3.91. The van der Waals surface area contributed by atoms with Crippen LogP contribution in [0.4, 0.5) is 5.69 Å². The Hall–Kier alpha value is -2.21. The van der Waals surface area contributed by atoms with E-state index in [-0.39, 0.29) is 11.6 Å². The first-order valence-electron chi connectivity index (χ1n) is 7.04. The van der Waals surface area contributed by atoms with Crippen molar-refractivity contribution in [1.29, 1.82) is 0 Å². The number of benzene rings is 1. The van der Waals surface area contributed by atoms with E-state index in [1.807, 2.05) is 0 Å². The SMILES string of the molecule is O=C(CCc1cccc([N+](=O)[O-])c1)NCC1=CCNCC1. The smallest absolute Gasteiger partial charge is 0.269 e. The first kappa shape index (κ1) is 15.2. The number of aryl methyl sites for hydroxylation is 1. The number of nitro groups is 1. The number of carbonyl (C=O) groups is 1. The van der Waals surface area contributed by atoms with Crippen molar-refractivity contribution in [2.45, 2.75) is 19.3 Å². The van der Waals surface area contributed by atoms with Crippen molar-refractivity contribution in [2.75, 3.05) is 19.6 Å². The first-order valence-corrected chi connectivity index (χ1v) is 7.04. The number of nitro benzene ring substituents is 1. The van der Waals surface area contributed by atoms with Crippen molar-refractivity contribution in [3.8, 4) is 0 Å². The number of hydrogen-bond donors (Lipinski definition) is 2. The van der Waals surface area contributed by atoms with Crippen LogP contribution in [0.5, 0.6) is 0 Å². The van der Waals surface area contributed by atoms with Crippen LogP contribution in [0.15, 0.2) is 35.9 Å². The number of carbonyl (C=O) groups excluding carboxylic acids is 1. The second kappa shape index (κ2) is 7.54. The third kappa shape index (κ3) is 5.00. The lowest BCUT2D eigenvalue weighted by atomic mass is 10.1. The largest absolute Gasteiger partial charge is 0.352 e. The van der Waals surface area contributed by atoms with E-state index in [0.717, 1.165) is 25.1 Å². The van der Waals surface area contributed by atoms with Gasteiger partial charge in [-0.05, 0) is 24.9 Å². The second-order valence-corrected chi connectivity index (χ2v) is 5.02. The summed E-state index contributed by atoms with van der Waals surface area (Å²) in [7, 11) is 0. The summed E-state index contributed by atoms with van der Waals surface area (Å²) in [6.45, 7) is 2.41. The first-order chi connectivity index (χ1) is 10.1. The molecule has 0 fully saturated rings. The van der Waals surface area contributed by atoms with Gasteiger partial charge in [-0.15, -0.1) is 0 Å². The van der Waals surface area contributed by atoms with Gasteiger partial charge in [-0.1, -0.05) is 23.8 Å². The molecule has 2 N–H and O–H groups in total. The highest BCUT2D eigenvalue weighted by atomic mass is 16.6. The van der Waals surface area contributed by atoms with Crippen LogP contribution >= 0.6 is 0 Å². The second-order valence-electron chi connectivity index (χ2n) is 5.02. The van der Waals surface area contributed by atoms with E-state index in [4.69, 9.17) is 0 Å². The highest BCUT2D eigenvalue weighted by Crippen LogP contribution is 2.14. The normalized spacial score (nSPS) is 14.4. The van der Waals surface area contributed by atoms with Gasteiger partial charge in [-0.3, -0.25) is 14.9 Å². The Morgan fingerprint density at radius 1 is 1.43 bits per heavy atom. The van der Waals surface area contributed by atoms with Crippen molar-refractivity contribution < 1.29 is 9.72 Å². The lowest BCUT2D eigenvalue weighted by Gasteiger charge is -2.14. The summed E-state index contributed by atoms with van der Waals surface area (Å²) in [6, 6.07) is 6.41. The summed E-state index contributed by atoms with van der Waals surface area (Å²) in [5, 5.41) is 16.8. The van der Waals surface area contributed by atoms with Gasteiger partial charge < -0.3 is 10.6 Å². The van der Waals surface area contributed by atoms with Crippen molar-refractivity contribution in [1.82, 2.24) is 10.6 Å². The molecule has 0 radical (unpaired) electrons. The number of rotatable bonds is 6. The monoisotopic (exact) mass is 289 g/mol. The van der Waals surface area contributed by atoms with E-state index in [0.29, 0.717) is 19.4 Å². The fourth-order valence-electron chi connectivity index (χ4n) is 2.21. The third-order valence-corrected chi connectivity index (χ3v) is 3.43. The topological polar surface area (TPSA) is 84.3 Å². The number of nitrogens with zero attached hydrogens (tertiary/aromatic N) is 1. The fraction of sp³-hybridized carbons (Fsp3) is 0.400. The van der Waals surface area contributed by atoms with Crippen LogP contribution in [0.3, 0.4) is 0 Å². The number of hydrogen-bond acceptors (Lipinski definition) is 4. The minimum Gasteiger partial charge on any atom is -0.352 e. The average Bonchev–Trinajstić information content (AvgIpc) is 2.52. The highest BCUT2D eigenvalue weighted by molar-refractivity contribution is 5.76. The summed E-state index contributed by atoms with van der Waals surface area (Å²) in [5.74, 6) is -0.0269. The van der Waals surface area contributed by atoms with Crippen molar-refractivity contribution >= 4 is 11.6 Å². The Morgan fingerprint density at radius 2 is 2.29 bits per heavy atom. The maximum atomic E-state index is 11.8. The van der Waals surface area contributed by atoms with Gasteiger partial charge in [-0.2, -0.15) is 0 Å². The molecule has 0 spiro atoms. The van der Waals surface area contributed by atoms with E-state index < -0.39 is 4.92 Å². The summed E-state index contributed by atoms with van der Waals surface area (Å²) >= 11 is 0. The van der Waals surface area contributed by atoms with Crippen LogP contribution in [0.2, 0.25) is 0 Å². The van der Waals surface area contributed by atoms with Gasteiger partial charge in [-0.25, -0.2) is 0 Å². The van der Waals surface area contributed by atoms with Crippen LogP contribution in [0.25, 0.3) is 0 Å². The molecule has 21 heavy (non-hydrogen) atoms. The third-order valence-electron chi connectivity index (χ3n) is 3.43. The van der Waals surface area contributed by atoms with E-state index in [9.17, 15) is 14.9 Å². The minimum atomic E-state index is -0.423. The Bertz CT molecular complexity index is 555. The molecule has 1 aromatic carbocycles. The zero-order valence-electron chi connectivity index (χ0n) is 11.8.